The lowest BCUT2D eigenvalue weighted by Gasteiger charge is -2.11. The van der Waals surface area contributed by atoms with Gasteiger partial charge in [0.2, 0.25) is 0 Å². The first kappa shape index (κ1) is 11.4. The predicted octanol–water partition coefficient (Wildman–Crippen LogP) is 2.42. The summed E-state index contributed by atoms with van der Waals surface area (Å²) in [7, 11) is 1.27. The first-order chi connectivity index (χ1) is 6.97. The zero-order chi connectivity index (χ0) is 11.6. The van der Waals surface area contributed by atoms with Gasteiger partial charge in [-0.3, -0.25) is 4.79 Å². The third kappa shape index (κ3) is 2.23. The molecule has 0 radical (unpaired) electrons. The van der Waals surface area contributed by atoms with E-state index in [1.54, 1.807) is 0 Å². The fraction of sp³-hybridized carbons (Fsp3) is 0.300. The zero-order valence-corrected chi connectivity index (χ0v) is 8.38. The molecular formula is C10H11F2NO2. The maximum Gasteiger partial charge on any atom is 0.267 e. The molecule has 0 saturated heterocycles. The Hall–Kier alpha value is -1.65. The topological polar surface area (TPSA) is 52.3 Å². The van der Waals surface area contributed by atoms with E-state index >= 15 is 0 Å². The zero-order valence-electron chi connectivity index (χ0n) is 8.38. The van der Waals surface area contributed by atoms with Gasteiger partial charge < -0.3 is 10.5 Å². The van der Waals surface area contributed by atoms with E-state index in [-0.39, 0.29) is 28.3 Å². The molecule has 0 aromatic heterocycles. The van der Waals surface area contributed by atoms with E-state index in [4.69, 9.17) is 10.5 Å². The van der Waals surface area contributed by atoms with Crippen LogP contribution in [0.15, 0.2) is 12.1 Å². The SMILES string of the molecule is COc1cc(N)c(C(C)=O)cc1C(F)F. The minimum Gasteiger partial charge on any atom is -0.496 e. The molecule has 5 heteroatoms. The van der Waals surface area contributed by atoms with Crippen molar-refractivity contribution >= 4 is 11.5 Å². The number of Topliss-reactive ketones (excluding diaryl/α,β-unsaturated/α-hetero) is 1. The number of ketones is 1. The summed E-state index contributed by atoms with van der Waals surface area (Å²) < 4.78 is 29.9. The van der Waals surface area contributed by atoms with Gasteiger partial charge in [0.1, 0.15) is 5.75 Å². The molecule has 0 fully saturated rings. The molecule has 0 unspecified atom stereocenters. The van der Waals surface area contributed by atoms with Crippen molar-refractivity contribution < 1.29 is 18.3 Å². The molecule has 3 nitrogen and oxygen atoms in total. The lowest BCUT2D eigenvalue weighted by Crippen LogP contribution is -2.03. The summed E-state index contributed by atoms with van der Waals surface area (Å²) in [5, 5.41) is 0. The van der Waals surface area contributed by atoms with E-state index in [2.05, 4.69) is 0 Å². The average Bonchev–Trinajstić information content (AvgIpc) is 2.16. The van der Waals surface area contributed by atoms with Crippen LogP contribution in [-0.4, -0.2) is 12.9 Å². The first-order valence-corrected chi connectivity index (χ1v) is 4.23. The standard InChI is InChI=1S/C10H11F2NO2/c1-5(14)6-3-7(10(11)12)9(15-2)4-8(6)13/h3-4,10H,13H2,1-2H3. The van der Waals surface area contributed by atoms with Crippen LogP contribution in [0.5, 0.6) is 5.75 Å². The van der Waals surface area contributed by atoms with Crippen LogP contribution >= 0.6 is 0 Å². The number of carbonyl (C=O) groups is 1. The van der Waals surface area contributed by atoms with Gasteiger partial charge in [0.15, 0.2) is 5.78 Å². The minimum atomic E-state index is -2.70. The van der Waals surface area contributed by atoms with Gasteiger partial charge in [-0.2, -0.15) is 0 Å². The Bertz CT molecular complexity index is 391. The number of hydrogen-bond acceptors (Lipinski definition) is 3. The van der Waals surface area contributed by atoms with E-state index in [0.717, 1.165) is 6.07 Å². The number of halogens is 2. The van der Waals surface area contributed by atoms with Crippen LogP contribution in [0.3, 0.4) is 0 Å². The van der Waals surface area contributed by atoms with Crippen molar-refractivity contribution in [3.05, 3.63) is 23.3 Å². The van der Waals surface area contributed by atoms with Gasteiger partial charge in [0, 0.05) is 17.3 Å². The van der Waals surface area contributed by atoms with Gasteiger partial charge in [-0.25, -0.2) is 8.78 Å². The number of ether oxygens (including phenoxy) is 1. The molecule has 0 amide bonds. The van der Waals surface area contributed by atoms with Crippen LogP contribution in [-0.2, 0) is 0 Å². The quantitative estimate of drug-likeness (QED) is 0.622. The van der Waals surface area contributed by atoms with Gasteiger partial charge >= 0.3 is 0 Å². The number of methoxy groups -OCH3 is 1. The van der Waals surface area contributed by atoms with Crippen molar-refractivity contribution in [1.82, 2.24) is 0 Å². The van der Waals surface area contributed by atoms with E-state index in [1.807, 2.05) is 0 Å². The smallest absolute Gasteiger partial charge is 0.267 e. The van der Waals surface area contributed by atoms with Gasteiger partial charge in [-0.15, -0.1) is 0 Å². The Morgan fingerprint density at radius 2 is 2.07 bits per heavy atom. The summed E-state index contributed by atoms with van der Waals surface area (Å²) >= 11 is 0. The lowest BCUT2D eigenvalue weighted by molar-refractivity contribution is 0.101. The third-order valence-electron chi connectivity index (χ3n) is 2.02. The Morgan fingerprint density at radius 1 is 1.47 bits per heavy atom. The maximum atomic E-state index is 12.6. The maximum absolute atomic E-state index is 12.6. The highest BCUT2D eigenvalue weighted by molar-refractivity contribution is 5.99. The number of hydrogen-bond donors (Lipinski definition) is 1. The highest BCUT2D eigenvalue weighted by atomic mass is 19.3. The number of alkyl halides is 2. The molecule has 0 aliphatic heterocycles. The highest BCUT2D eigenvalue weighted by Gasteiger charge is 2.18. The molecule has 0 aliphatic rings. The largest absolute Gasteiger partial charge is 0.496 e. The van der Waals surface area contributed by atoms with E-state index in [1.165, 1.54) is 20.1 Å². The van der Waals surface area contributed by atoms with Crippen LogP contribution in [0.25, 0.3) is 0 Å². The van der Waals surface area contributed by atoms with Crippen LogP contribution in [0, 0.1) is 0 Å². The van der Waals surface area contributed by atoms with Crippen molar-refractivity contribution in [3.8, 4) is 5.75 Å². The van der Waals surface area contributed by atoms with Gasteiger partial charge in [0.05, 0.1) is 12.7 Å². The molecule has 0 bridgehead atoms. The lowest BCUT2D eigenvalue weighted by atomic mass is 10.0. The summed E-state index contributed by atoms with van der Waals surface area (Å²) in [5.74, 6) is -0.357. The summed E-state index contributed by atoms with van der Waals surface area (Å²) in [6.45, 7) is 1.27. The second-order valence-corrected chi connectivity index (χ2v) is 3.04. The van der Waals surface area contributed by atoms with Crippen LogP contribution < -0.4 is 10.5 Å². The Balaban J connectivity index is 3.37. The minimum absolute atomic E-state index is 0.00694. The van der Waals surface area contributed by atoms with E-state index in [9.17, 15) is 13.6 Å². The van der Waals surface area contributed by atoms with Crippen LogP contribution in [0.4, 0.5) is 14.5 Å². The third-order valence-corrected chi connectivity index (χ3v) is 2.02. The second-order valence-electron chi connectivity index (χ2n) is 3.04. The summed E-state index contributed by atoms with van der Waals surface area (Å²) in [6, 6.07) is 2.30. The van der Waals surface area contributed by atoms with Gasteiger partial charge in [-0.05, 0) is 13.0 Å². The monoisotopic (exact) mass is 215 g/mol. The Morgan fingerprint density at radius 3 is 2.47 bits per heavy atom. The molecule has 15 heavy (non-hydrogen) atoms. The van der Waals surface area contributed by atoms with Crippen molar-refractivity contribution in [1.29, 1.82) is 0 Å². The molecule has 0 saturated carbocycles. The summed E-state index contributed by atoms with van der Waals surface area (Å²) in [5.41, 5.74) is 5.43. The summed E-state index contributed by atoms with van der Waals surface area (Å²) in [4.78, 5) is 11.1. The number of nitrogens with two attached hydrogens (primary N) is 1. The van der Waals surface area contributed by atoms with E-state index < -0.39 is 6.43 Å². The van der Waals surface area contributed by atoms with Crippen molar-refractivity contribution in [2.45, 2.75) is 13.3 Å². The number of nitrogen functional groups attached to an aromatic ring is 1. The fourth-order valence-corrected chi connectivity index (χ4v) is 1.26. The van der Waals surface area contributed by atoms with Gasteiger partial charge in [-0.1, -0.05) is 0 Å². The van der Waals surface area contributed by atoms with Crippen LogP contribution in [0.2, 0.25) is 0 Å². The molecule has 1 aromatic rings. The van der Waals surface area contributed by atoms with Crippen molar-refractivity contribution in [3.63, 3.8) is 0 Å². The number of carbonyl (C=O) groups excluding carboxylic acids is 1. The number of benzene rings is 1. The molecule has 82 valence electrons. The Kier molecular flexibility index (Phi) is 3.24. The molecule has 1 rings (SSSR count). The predicted molar refractivity (Wildman–Crippen MR) is 52.4 cm³/mol. The molecular weight excluding hydrogens is 204 g/mol. The summed E-state index contributed by atoms with van der Waals surface area (Å²) in [6.07, 6.45) is -2.70. The van der Waals surface area contributed by atoms with Crippen molar-refractivity contribution in [2.24, 2.45) is 0 Å². The molecule has 2 N–H and O–H groups in total. The molecule has 0 heterocycles. The molecule has 0 atom stereocenters. The second kappa shape index (κ2) is 4.25. The molecule has 0 spiro atoms. The molecule has 0 aliphatic carbocycles. The first-order valence-electron chi connectivity index (χ1n) is 4.23. The number of rotatable bonds is 3. The van der Waals surface area contributed by atoms with Crippen LogP contribution in [0.1, 0.15) is 29.3 Å². The Labute approximate surface area is 85.8 Å². The number of anilines is 1. The normalized spacial score (nSPS) is 10.5. The fourth-order valence-electron chi connectivity index (χ4n) is 1.26. The highest BCUT2D eigenvalue weighted by Crippen LogP contribution is 2.32. The van der Waals surface area contributed by atoms with Crippen molar-refractivity contribution in [2.75, 3.05) is 12.8 Å². The molecule has 1 aromatic carbocycles. The van der Waals surface area contributed by atoms with Gasteiger partial charge in [0.25, 0.3) is 6.43 Å². The average molecular weight is 215 g/mol. The van der Waals surface area contributed by atoms with E-state index in [0.29, 0.717) is 0 Å².